The predicted octanol–water partition coefficient (Wildman–Crippen LogP) is 6.20. The summed E-state index contributed by atoms with van der Waals surface area (Å²) in [5, 5.41) is 4.71. The number of nitrogens with one attached hydrogen (secondary N) is 1. The van der Waals surface area contributed by atoms with Gasteiger partial charge < -0.3 is 5.32 Å². The molecule has 0 aromatic heterocycles. The molecule has 0 aliphatic heterocycles. The molecule has 1 nitrogen and oxygen atoms in total. The first kappa shape index (κ1) is 15.2. The minimum atomic E-state index is 0.625. The molecule has 2 unspecified atom stereocenters. The van der Waals surface area contributed by atoms with Crippen molar-refractivity contribution < 1.29 is 0 Å². The molecule has 0 amide bonds. The standard InChI is InChI=1S/C19H28ClN/c1-14-8-7-12-17(20)19(14)21-18-13-6-5-11-16(18)15-9-3-2-4-10-15/h7-8,12,15-16,18,21H,2-6,9-11,13H2,1H3. The summed E-state index contributed by atoms with van der Waals surface area (Å²) in [6.07, 6.45) is 12.7. The van der Waals surface area contributed by atoms with Crippen LogP contribution >= 0.6 is 11.6 Å². The van der Waals surface area contributed by atoms with E-state index >= 15 is 0 Å². The van der Waals surface area contributed by atoms with Gasteiger partial charge in [0.05, 0.1) is 10.7 Å². The van der Waals surface area contributed by atoms with E-state index in [9.17, 15) is 0 Å². The summed E-state index contributed by atoms with van der Waals surface area (Å²) in [6.45, 7) is 2.16. The third-order valence-electron chi connectivity index (χ3n) is 5.63. The van der Waals surface area contributed by atoms with Gasteiger partial charge in [-0.1, -0.05) is 68.7 Å². The fourth-order valence-electron chi connectivity index (χ4n) is 4.47. The molecule has 2 aliphatic carbocycles. The van der Waals surface area contributed by atoms with Gasteiger partial charge in [0, 0.05) is 6.04 Å². The third kappa shape index (κ3) is 3.56. The van der Waals surface area contributed by atoms with E-state index in [2.05, 4.69) is 18.3 Å². The average Bonchev–Trinajstić information content (AvgIpc) is 2.52. The molecule has 1 aromatic rings. The van der Waals surface area contributed by atoms with Crippen LogP contribution in [-0.4, -0.2) is 6.04 Å². The maximum Gasteiger partial charge on any atom is 0.0640 e. The van der Waals surface area contributed by atoms with Gasteiger partial charge in [-0.2, -0.15) is 0 Å². The Labute approximate surface area is 134 Å². The van der Waals surface area contributed by atoms with E-state index in [-0.39, 0.29) is 0 Å². The van der Waals surface area contributed by atoms with E-state index in [4.69, 9.17) is 11.6 Å². The molecule has 1 N–H and O–H groups in total. The lowest BCUT2D eigenvalue weighted by Crippen LogP contribution is -2.37. The Morgan fingerprint density at radius 3 is 2.43 bits per heavy atom. The number of benzene rings is 1. The normalized spacial score (nSPS) is 27.5. The first-order valence-corrected chi connectivity index (χ1v) is 9.15. The minimum absolute atomic E-state index is 0.625. The van der Waals surface area contributed by atoms with Crippen molar-refractivity contribution >= 4 is 17.3 Å². The molecule has 2 heteroatoms. The molecule has 2 fully saturated rings. The van der Waals surface area contributed by atoms with Crippen molar-refractivity contribution in [1.29, 1.82) is 0 Å². The fraction of sp³-hybridized carbons (Fsp3) is 0.684. The second kappa shape index (κ2) is 7.05. The van der Waals surface area contributed by atoms with E-state index in [1.807, 2.05) is 12.1 Å². The highest BCUT2D eigenvalue weighted by Gasteiger charge is 2.32. The van der Waals surface area contributed by atoms with Crippen LogP contribution in [0.5, 0.6) is 0 Å². The Kier molecular flexibility index (Phi) is 5.11. The van der Waals surface area contributed by atoms with Crippen molar-refractivity contribution in [3.05, 3.63) is 28.8 Å². The van der Waals surface area contributed by atoms with Gasteiger partial charge in [-0.25, -0.2) is 0 Å². The van der Waals surface area contributed by atoms with Crippen LogP contribution in [0.2, 0.25) is 5.02 Å². The SMILES string of the molecule is Cc1cccc(Cl)c1NC1CCCCC1C1CCCCC1. The lowest BCUT2D eigenvalue weighted by molar-refractivity contribution is 0.180. The van der Waals surface area contributed by atoms with Crippen molar-refractivity contribution in [2.24, 2.45) is 11.8 Å². The summed E-state index contributed by atoms with van der Waals surface area (Å²) in [6, 6.07) is 6.84. The number of anilines is 1. The molecule has 21 heavy (non-hydrogen) atoms. The summed E-state index contributed by atoms with van der Waals surface area (Å²) in [5.74, 6) is 1.80. The van der Waals surface area contributed by atoms with Gasteiger partial charge in [0.15, 0.2) is 0 Å². The van der Waals surface area contributed by atoms with Crippen LogP contribution in [0.15, 0.2) is 18.2 Å². The Hall–Kier alpha value is -0.690. The first-order valence-electron chi connectivity index (χ1n) is 8.77. The molecule has 0 radical (unpaired) electrons. The summed E-state index contributed by atoms with van der Waals surface area (Å²) in [7, 11) is 0. The summed E-state index contributed by atoms with van der Waals surface area (Å²) < 4.78 is 0. The second-order valence-electron chi connectivity index (χ2n) is 7.03. The monoisotopic (exact) mass is 305 g/mol. The van der Waals surface area contributed by atoms with Crippen molar-refractivity contribution in [3.8, 4) is 0 Å². The highest BCUT2D eigenvalue weighted by Crippen LogP contribution is 2.40. The Balaban J connectivity index is 1.74. The zero-order chi connectivity index (χ0) is 14.7. The average molecular weight is 306 g/mol. The Morgan fingerprint density at radius 1 is 0.952 bits per heavy atom. The molecule has 1 aromatic carbocycles. The van der Waals surface area contributed by atoms with Crippen LogP contribution in [0.3, 0.4) is 0 Å². The van der Waals surface area contributed by atoms with Gasteiger partial charge in [-0.05, 0) is 43.2 Å². The van der Waals surface area contributed by atoms with Crippen LogP contribution < -0.4 is 5.32 Å². The van der Waals surface area contributed by atoms with Gasteiger partial charge >= 0.3 is 0 Å². The van der Waals surface area contributed by atoms with Crippen molar-refractivity contribution in [2.45, 2.75) is 70.8 Å². The molecule has 0 bridgehead atoms. The number of hydrogen-bond acceptors (Lipinski definition) is 1. The largest absolute Gasteiger partial charge is 0.381 e. The van der Waals surface area contributed by atoms with E-state index in [0.717, 1.165) is 16.9 Å². The zero-order valence-corrected chi connectivity index (χ0v) is 14.0. The molecular weight excluding hydrogens is 278 g/mol. The number of aryl methyl sites for hydroxylation is 1. The molecule has 3 rings (SSSR count). The van der Waals surface area contributed by atoms with Gasteiger partial charge in [-0.15, -0.1) is 0 Å². The van der Waals surface area contributed by atoms with Gasteiger partial charge in [0.25, 0.3) is 0 Å². The lowest BCUT2D eigenvalue weighted by atomic mass is 9.71. The first-order chi connectivity index (χ1) is 10.3. The molecule has 0 saturated heterocycles. The van der Waals surface area contributed by atoms with Crippen LogP contribution in [0.1, 0.15) is 63.4 Å². The smallest absolute Gasteiger partial charge is 0.0640 e. The number of para-hydroxylation sites is 1. The number of hydrogen-bond donors (Lipinski definition) is 1. The second-order valence-corrected chi connectivity index (χ2v) is 7.44. The summed E-state index contributed by atoms with van der Waals surface area (Å²) in [4.78, 5) is 0. The van der Waals surface area contributed by atoms with E-state index in [0.29, 0.717) is 6.04 Å². The molecule has 116 valence electrons. The van der Waals surface area contributed by atoms with E-state index in [1.54, 1.807) is 0 Å². The molecule has 2 atom stereocenters. The van der Waals surface area contributed by atoms with Crippen LogP contribution in [-0.2, 0) is 0 Å². The van der Waals surface area contributed by atoms with Gasteiger partial charge in [-0.3, -0.25) is 0 Å². The summed E-state index contributed by atoms with van der Waals surface area (Å²) in [5.41, 5.74) is 2.45. The van der Waals surface area contributed by atoms with Crippen LogP contribution in [0.25, 0.3) is 0 Å². The predicted molar refractivity (Wildman–Crippen MR) is 92.1 cm³/mol. The van der Waals surface area contributed by atoms with Crippen LogP contribution in [0, 0.1) is 18.8 Å². The van der Waals surface area contributed by atoms with E-state index in [1.165, 1.54) is 69.0 Å². The highest BCUT2D eigenvalue weighted by molar-refractivity contribution is 6.33. The molecule has 0 spiro atoms. The number of rotatable bonds is 3. The Morgan fingerprint density at radius 2 is 1.67 bits per heavy atom. The summed E-state index contributed by atoms with van der Waals surface area (Å²) >= 11 is 6.42. The van der Waals surface area contributed by atoms with Crippen LogP contribution in [0.4, 0.5) is 5.69 Å². The van der Waals surface area contributed by atoms with Gasteiger partial charge in [0.1, 0.15) is 0 Å². The maximum atomic E-state index is 6.42. The fourth-order valence-corrected chi connectivity index (χ4v) is 4.74. The maximum absolute atomic E-state index is 6.42. The minimum Gasteiger partial charge on any atom is -0.381 e. The number of halogens is 1. The Bertz CT molecular complexity index is 444. The lowest BCUT2D eigenvalue weighted by Gasteiger charge is -2.40. The topological polar surface area (TPSA) is 12.0 Å². The molecule has 2 aliphatic rings. The third-order valence-corrected chi connectivity index (χ3v) is 5.94. The molecule has 2 saturated carbocycles. The highest BCUT2D eigenvalue weighted by atomic mass is 35.5. The van der Waals surface area contributed by atoms with Crippen molar-refractivity contribution in [2.75, 3.05) is 5.32 Å². The van der Waals surface area contributed by atoms with Gasteiger partial charge in [0.2, 0.25) is 0 Å². The van der Waals surface area contributed by atoms with E-state index < -0.39 is 0 Å². The van der Waals surface area contributed by atoms with Crippen molar-refractivity contribution in [3.63, 3.8) is 0 Å². The zero-order valence-electron chi connectivity index (χ0n) is 13.2. The van der Waals surface area contributed by atoms with Crippen molar-refractivity contribution in [1.82, 2.24) is 0 Å². The molecule has 0 heterocycles. The quantitative estimate of drug-likeness (QED) is 0.701. The molecular formula is C19H28ClN.